The molecule has 0 aliphatic rings. The first kappa shape index (κ1) is 18.7. The van der Waals surface area contributed by atoms with Crippen LogP contribution in [0.5, 0.6) is 0 Å². The van der Waals surface area contributed by atoms with Crippen LogP contribution in [-0.4, -0.2) is 21.9 Å². The molecular formula is C22H26N4O. The third-order valence-corrected chi connectivity index (χ3v) is 5.08. The molecule has 0 aliphatic carbocycles. The van der Waals surface area contributed by atoms with Crippen molar-refractivity contribution < 1.29 is 4.79 Å². The van der Waals surface area contributed by atoms with Crippen LogP contribution in [0, 0.1) is 0 Å². The van der Waals surface area contributed by atoms with Gasteiger partial charge >= 0.3 is 6.03 Å². The topological polar surface area (TPSA) is 59.0 Å². The Morgan fingerprint density at radius 3 is 2.59 bits per heavy atom. The van der Waals surface area contributed by atoms with Gasteiger partial charge in [0.05, 0.1) is 5.69 Å². The van der Waals surface area contributed by atoms with Crippen LogP contribution in [0.25, 0.3) is 5.69 Å². The zero-order valence-electron chi connectivity index (χ0n) is 16.0. The van der Waals surface area contributed by atoms with Crippen molar-refractivity contribution in [1.29, 1.82) is 0 Å². The number of nitrogens with zero attached hydrogens (tertiary/aromatic N) is 2. The average Bonchev–Trinajstić information content (AvgIpc) is 3.22. The largest absolute Gasteiger partial charge is 0.335 e. The Labute approximate surface area is 160 Å². The monoisotopic (exact) mass is 362 g/mol. The molecule has 0 saturated heterocycles. The standard InChI is InChI=1S/C22H26N4O/c1-17(22(2,3)19-10-5-4-6-11-19)25-21(27)23-16-18-9-7-12-20(15-18)26-14-8-13-24-26/h4-15,17H,16H2,1-3H3,(H2,23,25,27). The summed E-state index contributed by atoms with van der Waals surface area (Å²) in [6, 6.07) is 19.9. The Kier molecular flexibility index (Phi) is 5.60. The van der Waals surface area contributed by atoms with E-state index in [1.54, 1.807) is 10.9 Å². The van der Waals surface area contributed by atoms with E-state index in [2.05, 4.69) is 41.7 Å². The average molecular weight is 362 g/mol. The Balaban J connectivity index is 1.58. The number of hydrogen-bond acceptors (Lipinski definition) is 2. The number of nitrogens with one attached hydrogen (secondary N) is 2. The summed E-state index contributed by atoms with van der Waals surface area (Å²) < 4.78 is 1.80. The van der Waals surface area contributed by atoms with E-state index in [0.717, 1.165) is 11.3 Å². The summed E-state index contributed by atoms with van der Waals surface area (Å²) in [5.74, 6) is 0. The van der Waals surface area contributed by atoms with Gasteiger partial charge in [-0.25, -0.2) is 9.48 Å². The van der Waals surface area contributed by atoms with Gasteiger partial charge in [0.2, 0.25) is 0 Å². The highest BCUT2D eigenvalue weighted by Gasteiger charge is 2.28. The molecule has 27 heavy (non-hydrogen) atoms. The van der Waals surface area contributed by atoms with Gasteiger partial charge in [-0.05, 0) is 36.2 Å². The molecule has 0 saturated carbocycles. The van der Waals surface area contributed by atoms with E-state index in [1.165, 1.54) is 5.56 Å². The van der Waals surface area contributed by atoms with E-state index in [0.29, 0.717) is 6.54 Å². The normalized spacial score (nSPS) is 12.4. The number of rotatable bonds is 6. The molecule has 3 rings (SSSR count). The van der Waals surface area contributed by atoms with Crippen molar-refractivity contribution >= 4 is 6.03 Å². The van der Waals surface area contributed by atoms with E-state index in [4.69, 9.17) is 0 Å². The second-order valence-electron chi connectivity index (χ2n) is 7.26. The zero-order chi connectivity index (χ0) is 19.3. The molecule has 0 bridgehead atoms. The van der Waals surface area contributed by atoms with Crippen LogP contribution in [0.3, 0.4) is 0 Å². The molecule has 0 spiro atoms. The first-order valence-electron chi connectivity index (χ1n) is 9.15. The zero-order valence-corrected chi connectivity index (χ0v) is 16.0. The summed E-state index contributed by atoms with van der Waals surface area (Å²) in [5.41, 5.74) is 3.02. The van der Waals surface area contributed by atoms with Crippen LogP contribution in [-0.2, 0) is 12.0 Å². The summed E-state index contributed by atoms with van der Waals surface area (Å²) in [4.78, 5) is 12.4. The minimum atomic E-state index is -0.170. The fourth-order valence-corrected chi connectivity index (χ4v) is 2.96. The van der Waals surface area contributed by atoms with Gasteiger partial charge in [-0.1, -0.05) is 56.3 Å². The summed E-state index contributed by atoms with van der Waals surface area (Å²) in [7, 11) is 0. The first-order valence-corrected chi connectivity index (χ1v) is 9.15. The van der Waals surface area contributed by atoms with Crippen LogP contribution in [0.15, 0.2) is 73.1 Å². The van der Waals surface area contributed by atoms with E-state index in [1.807, 2.05) is 61.7 Å². The Morgan fingerprint density at radius 2 is 1.89 bits per heavy atom. The molecule has 1 unspecified atom stereocenters. The number of amides is 2. The van der Waals surface area contributed by atoms with Crippen LogP contribution < -0.4 is 10.6 Å². The predicted molar refractivity (Wildman–Crippen MR) is 108 cm³/mol. The maximum Gasteiger partial charge on any atom is 0.315 e. The third kappa shape index (κ3) is 4.56. The fourth-order valence-electron chi connectivity index (χ4n) is 2.96. The third-order valence-electron chi connectivity index (χ3n) is 5.08. The van der Waals surface area contributed by atoms with Gasteiger partial charge in [-0.2, -0.15) is 5.10 Å². The van der Waals surface area contributed by atoms with Crippen molar-refractivity contribution in [2.45, 2.75) is 38.8 Å². The molecule has 2 N–H and O–H groups in total. The Morgan fingerprint density at radius 1 is 1.11 bits per heavy atom. The van der Waals surface area contributed by atoms with E-state index in [-0.39, 0.29) is 17.5 Å². The highest BCUT2D eigenvalue weighted by molar-refractivity contribution is 5.74. The van der Waals surface area contributed by atoms with Crippen LogP contribution >= 0.6 is 0 Å². The van der Waals surface area contributed by atoms with Crippen LogP contribution in [0.1, 0.15) is 31.9 Å². The molecule has 2 aromatic carbocycles. The maximum atomic E-state index is 12.4. The van der Waals surface area contributed by atoms with Gasteiger partial charge in [0.1, 0.15) is 0 Å². The predicted octanol–water partition coefficient (Wildman–Crippen LogP) is 4.04. The summed E-state index contributed by atoms with van der Waals surface area (Å²) in [6.45, 7) is 6.77. The van der Waals surface area contributed by atoms with Crippen molar-refractivity contribution in [2.24, 2.45) is 0 Å². The van der Waals surface area contributed by atoms with E-state index < -0.39 is 0 Å². The summed E-state index contributed by atoms with van der Waals surface area (Å²) in [5, 5.41) is 10.2. The Hall–Kier alpha value is -3.08. The minimum absolute atomic E-state index is 0.0182. The molecule has 2 amide bonds. The van der Waals surface area contributed by atoms with Gasteiger partial charge in [-0.15, -0.1) is 0 Å². The molecule has 140 valence electrons. The molecule has 1 aromatic heterocycles. The molecule has 1 heterocycles. The van der Waals surface area contributed by atoms with Gasteiger partial charge in [0.25, 0.3) is 0 Å². The smallest absolute Gasteiger partial charge is 0.315 e. The van der Waals surface area contributed by atoms with Crippen molar-refractivity contribution in [2.75, 3.05) is 0 Å². The number of carbonyl (C=O) groups is 1. The Bertz CT molecular complexity index is 872. The number of benzene rings is 2. The summed E-state index contributed by atoms with van der Waals surface area (Å²) >= 11 is 0. The second-order valence-corrected chi connectivity index (χ2v) is 7.26. The number of urea groups is 1. The minimum Gasteiger partial charge on any atom is -0.335 e. The lowest BCUT2D eigenvalue weighted by molar-refractivity contribution is 0.231. The van der Waals surface area contributed by atoms with Crippen molar-refractivity contribution in [3.8, 4) is 5.69 Å². The lowest BCUT2D eigenvalue weighted by Gasteiger charge is -2.33. The number of carbonyl (C=O) groups excluding carboxylic acids is 1. The lowest BCUT2D eigenvalue weighted by Crippen LogP contribution is -2.49. The lowest BCUT2D eigenvalue weighted by atomic mass is 9.78. The van der Waals surface area contributed by atoms with Gasteiger partial charge in [0.15, 0.2) is 0 Å². The molecule has 0 radical (unpaired) electrons. The van der Waals surface area contributed by atoms with Crippen molar-refractivity contribution in [3.05, 3.63) is 84.2 Å². The molecule has 3 aromatic rings. The molecule has 1 atom stereocenters. The number of hydrogen-bond donors (Lipinski definition) is 2. The van der Waals surface area contributed by atoms with Gasteiger partial charge in [-0.3, -0.25) is 0 Å². The van der Waals surface area contributed by atoms with Crippen LogP contribution in [0.4, 0.5) is 4.79 Å². The quantitative estimate of drug-likeness (QED) is 0.695. The van der Waals surface area contributed by atoms with E-state index >= 15 is 0 Å². The summed E-state index contributed by atoms with van der Waals surface area (Å²) in [6.07, 6.45) is 3.64. The molecule has 5 heteroatoms. The maximum absolute atomic E-state index is 12.4. The van der Waals surface area contributed by atoms with Crippen molar-refractivity contribution in [1.82, 2.24) is 20.4 Å². The molecule has 0 fully saturated rings. The highest BCUT2D eigenvalue weighted by Crippen LogP contribution is 2.26. The molecule has 5 nitrogen and oxygen atoms in total. The highest BCUT2D eigenvalue weighted by atomic mass is 16.2. The van der Waals surface area contributed by atoms with Gasteiger partial charge in [0, 0.05) is 30.4 Å². The first-order chi connectivity index (χ1) is 13.0. The molecular weight excluding hydrogens is 336 g/mol. The molecule has 0 aliphatic heterocycles. The fraction of sp³-hybridized carbons (Fsp3) is 0.273. The number of aromatic nitrogens is 2. The van der Waals surface area contributed by atoms with E-state index in [9.17, 15) is 4.79 Å². The van der Waals surface area contributed by atoms with Gasteiger partial charge < -0.3 is 10.6 Å². The second kappa shape index (κ2) is 8.08. The van der Waals surface area contributed by atoms with Crippen molar-refractivity contribution in [3.63, 3.8) is 0 Å². The van der Waals surface area contributed by atoms with Crippen LogP contribution in [0.2, 0.25) is 0 Å². The SMILES string of the molecule is CC(NC(=O)NCc1cccc(-n2cccn2)c1)C(C)(C)c1ccccc1.